The molecule has 1 heterocycles. The molecule has 0 radical (unpaired) electrons. The number of ether oxygens (including phenoxy) is 1. The molecule has 2 aromatic rings. The number of rotatable bonds is 5. The van der Waals surface area contributed by atoms with Crippen molar-refractivity contribution in [3.8, 4) is 11.5 Å². The quantitative estimate of drug-likeness (QED) is 0.367. The molecule has 0 saturated carbocycles. The summed E-state index contributed by atoms with van der Waals surface area (Å²) < 4.78 is 5.80. The Morgan fingerprint density at radius 3 is 2.50 bits per heavy atom. The van der Waals surface area contributed by atoms with Gasteiger partial charge < -0.3 is 9.84 Å². The molecule has 2 N–H and O–H groups in total. The lowest BCUT2D eigenvalue weighted by atomic mass is 10.0. The van der Waals surface area contributed by atoms with Gasteiger partial charge in [0.1, 0.15) is 5.57 Å². The highest BCUT2D eigenvalue weighted by atomic mass is 79.9. The Kier molecular flexibility index (Phi) is 6.58. The monoisotopic (exact) mass is 488 g/mol. The third-order valence-corrected chi connectivity index (χ3v) is 5.47. The van der Waals surface area contributed by atoms with Gasteiger partial charge in [-0.2, -0.15) is 0 Å². The summed E-state index contributed by atoms with van der Waals surface area (Å²) in [5, 5.41) is 12.7. The maximum atomic E-state index is 13.1. The Morgan fingerprint density at radius 2 is 1.90 bits per heavy atom. The number of hydrogen-bond acceptors (Lipinski definition) is 5. The number of anilines is 1. The van der Waals surface area contributed by atoms with Gasteiger partial charge >= 0.3 is 0 Å². The molecule has 2 aromatic carbocycles. The van der Waals surface area contributed by atoms with Crippen LogP contribution in [-0.2, 0) is 9.59 Å². The zero-order chi connectivity index (χ0) is 22.0. The summed E-state index contributed by atoms with van der Waals surface area (Å²) in [5.74, 6) is -0.554. The second-order valence-corrected chi connectivity index (χ2v) is 8.23. The number of hydrogen-bond donors (Lipinski definition) is 2. The van der Waals surface area contributed by atoms with Crippen molar-refractivity contribution in [1.82, 2.24) is 5.32 Å². The van der Waals surface area contributed by atoms with Crippen LogP contribution in [0.25, 0.3) is 6.08 Å². The molecule has 6 nitrogen and oxygen atoms in total. The first-order valence-corrected chi connectivity index (χ1v) is 10.6. The average molecular weight is 489 g/mol. The summed E-state index contributed by atoms with van der Waals surface area (Å²) in [4.78, 5) is 26.9. The summed E-state index contributed by atoms with van der Waals surface area (Å²) in [6.07, 6.45) is 1.45. The molecule has 0 spiro atoms. The van der Waals surface area contributed by atoms with Gasteiger partial charge in [0.25, 0.3) is 11.8 Å². The van der Waals surface area contributed by atoms with E-state index in [0.717, 1.165) is 5.56 Å². The molecular formula is C22H21BrN2O4S. The molecule has 0 unspecified atom stereocenters. The molecule has 0 aliphatic carbocycles. The number of benzene rings is 2. The summed E-state index contributed by atoms with van der Waals surface area (Å²) in [7, 11) is 0. The lowest BCUT2D eigenvalue weighted by molar-refractivity contribution is -0.122. The van der Waals surface area contributed by atoms with Crippen LogP contribution in [0, 0.1) is 0 Å². The summed E-state index contributed by atoms with van der Waals surface area (Å²) in [6, 6.07) is 10.6. The Hall–Kier alpha value is -2.71. The smallest absolute Gasteiger partial charge is 0.270 e. The Morgan fingerprint density at radius 1 is 1.23 bits per heavy atom. The molecule has 1 aliphatic rings. The fraction of sp³-hybridized carbons (Fsp3) is 0.227. The van der Waals surface area contributed by atoms with Crippen LogP contribution in [0.15, 0.2) is 46.4 Å². The molecular weight excluding hydrogens is 468 g/mol. The van der Waals surface area contributed by atoms with Gasteiger partial charge in [0.15, 0.2) is 16.6 Å². The lowest BCUT2D eigenvalue weighted by Crippen LogP contribution is -2.54. The minimum Gasteiger partial charge on any atom is -0.503 e. The van der Waals surface area contributed by atoms with Crippen LogP contribution >= 0.6 is 28.1 Å². The van der Waals surface area contributed by atoms with Crippen LogP contribution in [0.4, 0.5) is 5.69 Å². The van der Waals surface area contributed by atoms with Gasteiger partial charge in [-0.3, -0.25) is 19.8 Å². The van der Waals surface area contributed by atoms with Crippen molar-refractivity contribution in [3.63, 3.8) is 0 Å². The van der Waals surface area contributed by atoms with Crippen LogP contribution in [-0.4, -0.2) is 28.6 Å². The van der Waals surface area contributed by atoms with Crippen LogP contribution in [0.3, 0.4) is 0 Å². The van der Waals surface area contributed by atoms with E-state index in [2.05, 4.69) is 35.1 Å². The second-order valence-electron chi connectivity index (χ2n) is 6.99. The van der Waals surface area contributed by atoms with E-state index in [4.69, 9.17) is 17.0 Å². The number of thiocarbonyl (C=S) groups is 1. The van der Waals surface area contributed by atoms with Gasteiger partial charge in [0.2, 0.25) is 0 Å². The van der Waals surface area contributed by atoms with E-state index in [1.165, 1.54) is 11.0 Å². The van der Waals surface area contributed by atoms with Crippen molar-refractivity contribution in [2.45, 2.75) is 26.7 Å². The number of nitrogens with one attached hydrogen (secondary N) is 1. The third-order valence-electron chi connectivity index (χ3n) is 4.58. The van der Waals surface area contributed by atoms with E-state index in [9.17, 15) is 14.7 Å². The van der Waals surface area contributed by atoms with Crippen molar-refractivity contribution in [3.05, 3.63) is 57.6 Å². The molecule has 2 amide bonds. The van der Waals surface area contributed by atoms with Crippen molar-refractivity contribution in [1.29, 1.82) is 0 Å². The van der Waals surface area contributed by atoms with Gasteiger partial charge in [-0.1, -0.05) is 26.0 Å². The van der Waals surface area contributed by atoms with Crippen molar-refractivity contribution >= 4 is 56.8 Å². The SMILES string of the molecule is CCOc1cc(/C=C2\C(=O)NC(=S)N(c3ccc(C(C)C)cc3)C2=O)cc(Br)c1O. The van der Waals surface area contributed by atoms with Crippen molar-refractivity contribution in [2.24, 2.45) is 0 Å². The number of phenols is 1. The second kappa shape index (κ2) is 8.97. The van der Waals surface area contributed by atoms with E-state index < -0.39 is 11.8 Å². The number of carbonyl (C=O) groups is 2. The molecule has 3 rings (SSSR count). The predicted molar refractivity (Wildman–Crippen MR) is 124 cm³/mol. The van der Waals surface area contributed by atoms with Gasteiger partial charge in [0.05, 0.1) is 16.8 Å². The standard InChI is InChI=1S/C22H21BrN2O4S/c1-4-29-18-11-13(10-17(23)19(18)26)9-16-20(27)24-22(30)25(21(16)28)15-7-5-14(6-8-15)12(2)3/h5-12,26H,4H2,1-3H3,(H,24,27,30)/b16-9+. The molecule has 156 valence electrons. The Balaban J connectivity index is 2.00. The average Bonchev–Trinajstić information content (AvgIpc) is 2.69. The molecule has 0 aromatic heterocycles. The van der Waals surface area contributed by atoms with E-state index >= 15 is 0 Å². The first-order chi connectivity index (χ1) is 14.2. The highest BCUT2D eigenvalue weighted by Crippen LogP contribution is 2.36. The third kappa shape index (κ3) is 4.39. The molecule has 30 heavy (non-hydrogen) atoms. The normalized spacial score (nSPS) is 15.7. The van der Waals surface area contributed by atoms with Crippen molar-refractivity contribution in [2.75, 3.05) is 11.5 Å². The number of halogens is 1. The minimum atomic E-state index is -0.581. The first kappa shape index (κ1) is 22.0. The van der Waals surface area contributed by atoms with E-state index in [-0.39, 0.29) is 22.2 Å². The number of phenolic OH excluding ortho intramolecular Hbond substituents is 1. The zero-order valence-corrected chi connectivity index (χ0v) is 19.1. The molecule has 1 aliphatic heterocycles. The van der Waals surface area contributed by atoms with Gasteiger partial charge in [-0.25, -0.2) is 0 Å². The van der Waals surface area contributed by atoms with E-state index in [1.54, 1.807) is 31.2 Å². The molecule has 0 atom stereocenters. The number of nitrogens with zero attached hydrogens (tertiary/aromatic N) is 1. The van der Waals surface area contributed by atoms with Gasteiger partial charge in [-0.15, -0.1) is 0 Å². The zero-order valence-electron chi connectivity index (χ0n) is 16.7. The number of aromatic hydroxyl groups is 1. The van der Waals surface area contributed by atoms with E-state index in [0.29, 0.717) is 28.2 Å². The molecule has 1 fully saturated rings. The van der Waals surface area contributed by atoms with Crippen LogP contribution in [0.2, 0.25) is 0 Å². The van der Waals surface area contributed by atoms with E-state index in [1.807, 2.05) is 12.1 Å². The van der Waals surface area contributed by atoms with Crippen molar-refractivity contribution < 1.29 is 19.4 Å². The first-order valence-electron chi connectivity index (χ1n) is 9.39. The summed E-state index contributed by atoms with van der Waals surface area (Å²) in [6.45, 7) is 6.31. The maximum Gasteiger partial charge on any atom is 0.270 e. The molecule has 8 heteroatoms. The van der Waals surface area contributed by atoms with Gasteiger partial charge in [-0.05, 0) is 82.5 Å². The maximum absolute atomic E-state index is 13.1. The summed E-state index contributed by atoms with van der Waals surface area (Å²) >= 11 is 8.51. The van der Waals surface area contributed by atoms with Crippen LogP contribution in [0.5, 0.6) is 11.5 Å². The fourth-order valence-corrected chi connectivity index (χ4v) is 3.75. The molecule has 1 saturated heterocycles. The molecule has 0 bridgehead atoms. The summed E-state index contributed by atoms with van der Waals surface area (Å²) in [5.41, 5.74) is 2.15. The minimum absolute atomic E-state index is 0.0290. The lowest BCUT2D eigenvalue weighted by Gasteiger charge is -2.29. The highest BCUT2D eigenvalue weighted by molar-refractivity contribution is 9.10. The Bertz CT molecular complexity index is 1050. The fourth-order valence-electron chi connectivity index (χ4n) is 3.01. The van der Waals surface area contributed by atoms with Crippen LogP contribution in [0.1, 0.15) is 37.8 Å². The predicted octanol–water partition coefficient (Wildman–Crippen LogP) is 4.51. The topological polar surface area (TPSA) is 78.9 Å². The Labute approximate surface area is 188 Å². The van der Waals surface area contributed by atoms with Gasteiger partial charge in [0, 0.05) is 0 Å². The number of amides is 2. The number of carbonyl (C=O) groups excluding carboxylic acids is 2. The highest BCUT2D eigenvalue weighted by Gasteiger charge is 2.34. The van der Waals surface area contributed by atoms with Crippen LogP contribution < -0.4 is 15.0 Å². The largest absolute Gasteiger partial charge is 0.503 e.